The highest BCUT2D eigenvalue weighted by Gasteiger charge is 2.21. The van der Waals surface area contributed by atoms with Crippen molar-refractivity contribution in [2.24, 2.45) is 0 Å². The van der Waals surface area contributed by atoms with Crippen molar-refractivity contribution in [1.29, 1.82) is 0 Å². The van der Waals surface area contributed by atoms with E-state index in [1.54, 1.807) is 28.9 Å². The van der Waals surface area contributed by atoms with Gasteiger partial charge in [-0.25, -0.2) is 4.98 Å². The van der Waals surface area contributed by atoms with Crippen LogP contribution in [-0.4, -0.2) is 22.1 Å². The van der Waals surface area contributed by atoms with Crippen LogP contribution in [0.2, 0.25) is 0 Å². The number of carbonyl (C=O) groups excluding carboxylic acids is 1. The summed E-state index contributed by atoms with van der Waals surface area (Å²) in [5.41, 5.74) is 2.78. The van der Waals surface area contributed by atoms with E-state index in [9.17, 15) is 4.79 Å². The highest BCUT2D eigenvalue weighted by atomic mass is 32.2. The molecule has 4 aromatic carbocycles. The van der Waals surface area contributed by atoms with Gasteiger partial charge in [-0.2, -0.15) is 4.98 Å². The Bertz CT molecular complexity index is 1510. The summed E-state index contributed by atoms with van der Waals surface area (Å²) in [7, 11) is 0. The summed E-state index contributed by atoms with van der Waals surface area (Å²) in [6, 6.07) is 34.1. The Morgan fingerprint density at radius 2 is 1.62 bits per heavy atom. The lowest BCUT2D eigenvalue weighted by Crippen LogP contribution is -2.31. The molecule has 184 valence electrons. The fourth-order valence-corrected chi connectivity index (χ4v) is 4.64. The molecular weight excluding hydrogens is 476 g/mol. The Morgan fingerprint density at radius 3 is 2.38 bits per heavy atom. The highest BCUT2D eigenvalue weighted by Crippen LogP contribution is 2.24. The zero-order valence-corrected chi connectivity index (χ0v) is 21.7. The van der Waals surface area contributed by atoms with Gasteiger partial charge in [0.2, 0.25) is 5.95 Å². The number of thioether (sulfide) groups is 1. The van der Waals surface area contributed by atoms with Crippen molar-refractivity contribution in [3.05, 3.63) is 126 Å². The van der Waals surface area contributed by atoms with Crippen LogP contribution in [0.1, 0.15) is 34.5 Å². The Labute approximate surface area is 221 Å². The molecule has 0 aliphatic carbocycles. The number of nitrogens with zero attached hydrogens (tertiary/aromatic N) is 3. The van der Waals surface area contributed by atoms with Gasteiger partial charge < -0.3 is 5.32 Å². The topological polar surface area (TPSA) is 58.1 Å². The molecule has 6 heteroatoms. The second-order valence-electron chi connectivity index (χ2n) is 8.82. The number of aromatic nitrogens is 2. The monoisotopic (exact) mass is 504 g/mol. The van der Waals surface area contributed by atoms with Gasteiger partial charge in [0.15, 0.2) is 0 Å². The van der Waals surface area contributed by atoms with E-state index in [0.29, 0.717) is 23.9 Å². The smallest absolute Gasteiger partial charge is 0.259 e. The molecule has 5 nitrogen and oxygen atoms in total. The Balaban J connectivity index is 1.48. The van der Waals surface area contributed by atoms with Crippen LogP contribution in [0, 0.1) is 0 Å². The number of carbonyl (C=O) groups is 1. The van der Waals surface area contributed by atoms with Gasteiger partial charge in [-0.1, -0.05) is 72.8 Å². The molecule has 0 fully saturated rings. The number of fused-ring (bicyclic) bond motifs is 1. The zero-order valence-electron chi connectivity index (χ0n) is 20.8. The molecule has 0 saturated carbocycles. The first kappa shape index (κ1) is 24.5. The first-order valence-corrected chi connectivity index (χ1v) is 13.4. The summed E-state index contributed by atoms with van der Waals surface area (Å²) < 4.78 is 0. The van der Waals surface area contributed by atoms with Crippen LogP contribution in [0.4, 0.5) is 11.8 Å². The van der Waals surface area contributed by atoms with Crippen molar-refractivity contribution in [3.63, 3.8) is 0 Å². The Morgan fingerprint density at radius 1 is 0.892 bits per heavy atom. The largest absolute Gasteiger partial charge is 0.348 e. The fraction of sp³-hybridized carbons (Fsp3) is 0.129. The molecule has 0 aliphatic heterocycles. The third-order valence-corrected chi connectivity index (χ3v) is 7.05. The van der Waals surface area contributed by atoms with E-state index in [-0.39, 0.29) is 11.9 Å². The standard InChI is InChI=1S/C31H28N4OS/c1-22(24-8-4-3-5-9-24)33-31-32-19-18-29(34-31)35(21-23-12-16-28(37-2)17-13-23)30(36)27-15-14-25-10-6-7-11-26(25)20-27/h3-20,22H,21H2,1-2H3,(H,32,33,34)/t22-/m0/s1. The fourth-order valence-electron chi connectivity index (χ4n) is 4.24. The number of hydrogen-bond acceptors (Lipinski definition) is 5. The quantitative estimate of drug-likeness (QED) is 0.224. The van der Waals surface area contributed by atoms with Gasteiger partial charge in [0.05, 0.1) is 12.6 Å². The summed E-state index contributed by atoms with van der Waals surface area (Å²) in [5, 5.41) is 5.50. The van der Waals surface area contributed by atoms with Crippen LogP contribution in [-0.2, 0) is 6.54 Å². The number of hydrogen-bond donors (Lipinski definition) is 1. The molecule has 0 spiro atoms. The molecule has 5 aromatic rings. The van der Waals surface area contributed by atoms with Gasteiger partial charge >= 0.3 is 0 Å². The highest BCUT2D eigenvalue weighted by molar-refractivity contribution is 7.98. The van der Waals surface area contributed by atoms with E-state index >= 15 is 0 Å². The predicted molar refractivity (Wildman–Crippen MR) is 153 cm³/mol. The zero-order chi connectivity index (χ0) is 25.6. The van der Waals surface area contributed by atoms with Gasteiger partial charge in [-0.05, 0) is 65.4 Å². The van der Waals surface area contributed by atoms with Crippen molar-refractivity contribution in [3.8, 4) is 0 Å². The second kappa shape index (κ2) is 11.3. The van der Waals surface area contributed by atoms with Gasteiger partial charge in [0.25, 0.3) is 5.91 Å². The van der Waals surface area contributed by atoms with Gasteiger partial charge in [0, 0.05) is 16.7 Å². The van der Waals surface area contributed by atoms with Crippen LogP contribution >= 0.6 is 11.8 Å². The molecule has 1 atom stereocenters. The van der Waals surface area contributed by atoms with E-state index in [1.165, 1.54) is 4.90 Å². The summed E-state index contributed by atoms with van der Waals surface area (Å²) in [6.45, 7) is 2.46. The lowest BCUT2D eigenvalue weighted by Gasteiger charge is -2.23. The lowest BCUT2D eigenvalue weighted by atomic mass is 10.1. The molecule has 1 aromatic heterocycles. The molecule has 0 unspecified atom stereocenters. The van der Waals surface area contributed by atoms with Crippen molar-refractivity contribution >= 4 is 40.2 Å². The van der Waals surface area contributed by atoms with Gasteiger partial charge in [0.1, 0.15) is 5.82 Å². The molecule has 0 aliphatic rings. The number of anilines is 2. The molecule has 5 rings (SSSR count). The van der Waals surface area contributed by atoms with Gasteiger partial charge in [-0.15, -0.1) is 11.8 Å². The maximum Gasteiger partial charge on any atom is 0.259 e. The summed E-state index contributed by atoms with van der Waals surface area (Å²) in [4.78, 5) is 26.0. The maximum atomic E-state index is 13.9. The Hall–Kier alpha value is -4.16. The van der Waals surface area contributed by atoms with E-state index in [4.69, 9.17) is 4.98 Å². The maximum absolute atomic E-state index is 13.9. The summed E-state index contributed by atoms with van der Waals surface area (Å²) in [5.74, 6) is 0.910. The Kier molecular flexibility index (Phi) is 7.47. The molecule has 1 N–H and O–H groups in total. The summed E-state index contributed by atoms with van der Waals surface area (Å²) in [6.07, 6.45) is 3.75. The third-order valence-electron chi connectivity index (χ3n) is 6.30. The van der Waals surface area contributed by atoms with Crippen molar-refractivity contribution < 1.29 is 4.79 Å². The minimum Gasteiger partial charge on any atom is -0.348 e. The second-order valence-corrected chi connectivity index (χ2v) is 9.70. The van der Waals surface area contributed by atoms with Crippen LogP contribution in [0.25, 0.3) is 10.8 Å². The number of amides is 1. The molecular formula is C31H28N4OS. The molecule has 1 amide bonds. The van der Waals surface area contributed by atoms with Crippen LogP contribution < -0.4 is 10.2 Å². The number of benzene rings is 4. The minimum atomic E-state index is -0.111. The van der Waals surface area contributed by atoms with Crippen molar-refractivity contribution in [2.45, 2.75) is 24.4 Å². The average Bonchev–Trinajstić information content (AvgIpc) is 2.96. The normalized spacial score (nSPS) is 11.7. The molecule has 0 radical (unpaired) electrons. The van der Waals surface area contributed by atoms with Crippen LogP contribution in [0.15, 0.2) is 114 Å². The molecule has 0 bridgehead atoms. The number of rotatable bonds is 8. The van der Waals surface area contributed by atoms with E-state index in [1.807, 2.05) is 60.7 Å². The van der Waals surface area contributed by atoms with Gasteiger partial charge in [-0.3, -0.25) is 9.69 Å². The van der Waals surface area contributed by atoms with E-state index in [0.717, 1.165) is 21.9 Å². The molecule has 1 heterocycles. The number of nitrogens with one attached hydrogen (secondary N) is 1. The van der Waals surface area contributed by atoms with E-state index < -0.39 is 0 Å². The molecule has 37 heavy (non-hydrogen) atoms. The van der Waals surface area contributed by atoms with E-state index in [2.05, 4.69) is 59.9 Å². The average molecular weight is 505 g/mol. The van der Waals surface area contributed by atoms with Crippen LogP contribution in [0.3, 0.4) is 0 Å². The molecule has 0 saturated heterocycles. The first-order valence-electron chi connectivity index (χ1n) is 12.2. The first-order chi connectivity index (χ1) is 18.1. The van der Waals surface area contributed by atoms with Crippen molar-refractivity contribution in [1.82, 2.24) is 9.97 Å². The van der Waals surface area contributed by atoms with Crippen molar-refractivity contribution in [2.75, 3.05) is 16.5 Å². The third kappa shape index (κ3) is 5.81. The summed E-state index contributed by atoms with van der Waals surface area (Å²) >= 11 is 1.69. The lowest BCUT2D eigenvalue weighted by molar-refractivity contribution is 0.0984. The SMILES string of the molecule is CSc1ccc(CN(C(=O)c2ccc3ccccc3c2)c2ccnc(N[C@@H](C)c3ccccc3)n2)cc1. The predicted octanol–water partition coefficient (Wildman–Crippen LogP) is 7.37. The minimum absolute atomic E-state index is 0.0141. The van der Waals surface area contributed by atoms with Crippen LogP contribution in [0.5, 0.6) is 0 Å².